The molecule has 2 N–H and O–H groups in total. The van der Waals surface area contributed by atoms with Crippen LogP contribution >= 0.6 is 0 Å². The second-order valence-corrected chi connectivity index (χ2v) is 10.5. The third kappa shape index (κ3) is 10.3. The number of sulfonamides is 1. The predicted molar refractivity (Wildman–Crippen MR) is 114 cm³/mol. The van der Waals surface area contributed by atoms with Crippen molar-refractivity contribution in [3.63, 3.8) is 0 Å². The Morgan fingerprint density at radius 1 is 1.00 bits per heavy atom. The van der Waals surface area contributed by atoms with Crippen molar-refractivity contribution in [1.29, 1.82) is 0 Å². The SMILES string of the molecule is CCS(=O)(=O)N1CCC2(CCN(Cc3cccnc3)C2)CC1.O=C(O)C(F)(F)F.O=C(O)C(F)(F)F. The molecule has 0 aliphatic carbocycles. The Morgan fingerprint density at radius 3 is 1.86 bits per heavy atom. The Bertz CT molecular complexity index is 940. The minimum Gasteiger partial charge on any atom is -0.475 e. The molecule has 0 unspecified atom stereocenters. The Kier molecular flexibility index (Phi) is 11.1. The van der Waals surface area contributed by atoms with Crippen molar-refractivity contribution in [1.82, 2.24) is 14.2 Å². The molecule has 0 saturated carbocycles. The van der Waals surface area contributed by atoms with Crippen molar-refractivity contribution >= 4 is 22.0 Å². The number of hydrogen-bond acceptors (Lipinski definition) is 6. The third-order valence-electron chi connectivity index (χ3n) is 5.67. The maximum atomic E-state index is 12.0. The number of aromatic nitrogens is 1. The molecule has 1 spiro atoms. The summed E-state index contributed by atoms with van der Waals surface area (Å²) in [4.78, 5) is 24.5. The number of hydrogen-bond donors (Lipinski definition) is 2. The van der Waals surface area contributed by atoms with E-state index in [1.807, 2.05) is 12.3 Å². The zero-order chi connectivity index (χ0) is 27.8. The summed E-state index contributed by atoms with van der Waals surface area (Å²) in [7, 11) is -3.02. The zero-order valence-corrected chi connectivity index (χ0v) is 20.0. The van der Waals surface area contributed by atoms with Gasteiger partial charge in [0.25, 0.3) is 0 Å². The summed E-state index contributed by atoms with van der Waals surface area (Å²) in [5.41, 5.74) is 1.58. The van der Waals surface area contributed by atoms with Crippen LogP contribution in [-0.4, -0.2) is 89.0 Å². The molecule has 36 heavy (non-hydrogen) atoms. The Balaban J connectivity index is 0.000000383. The number of likely N-dealkylation sites (tertiary alicyclic amines) is 1. The molecular formula is C20H27F6N3O6S. The molecule has 0 radical (unpaired) electrons. The van der Waals surface area contributed by atoms with Gasteiger partial charge < -0.3 is 10.2 Å². The van der Waals surface area contributed by atoms with E-state index in [1.54, 1.807) is 17.4 Å². The molecule has 1 aromatic rings. The number of carboxylic acids is 2. The van der Waals surface area contributed by atoms with Gasteiger partial charge in [0.1, 0.15) is 0 Å². The van der Waals surface area contributed by atoms with Gasteiger partial charge in [-0.15, -0.1) is 0 Å². The van der Waals surface area contributed by atoms with Crippen LogP contribution in [0.2, 0.25) is 0 Å². The van der Waals surface area contributed by atoms with Crippen LogP contribution in [0.3, 0.4) is 0 Å². The largest absolute Gasteiger partial charge is 0.490 e. The fourth-order valence-corrected chi connectivity index (χ4v) is 4.85. The van der Waals surface area contributed by atoms with Gasteiger partial charge in [0.05, 0.1) is 5.75 Å². The van der Waals surface area contributed by atoms with Crippen LogP contribution in [0.25, 0.3) is 0 Å². The maximum Gasteiger partial charge on any atom is 0.490 e. The first-order valence-electron chi connectivity index (χ1n) is 10.6. The second-order valence-electron chi connectivity index (χ2n) is 8.23. The van der Waals surface area contributed by atoms with Gasteiger partial charge >= 0.3 is 24.3 Å². The summed E-state index contributed by atoms with van der Waals surface area (Å²) in [6.45, 7) is 6.25. The average Bonchev–Trinajstić information content (AvgIpc) is 3.16. The maximum absolute atomic E-state index is 12.0. The molecule has 2 saturated heterocycles. The van der Waals surface area contributed by atoms with E-state index in [1.165, 1.54) is 12.0 Å². The summed E-state index contributed by atoms with van der Waals surface area (Å²) in [5, 5.41) is 14.2. The lowest BCUT2D eigenvalue weighted by molar-refractivity contribution is -0.193. The van der Waals surface area contributed by atoms with E-state index < -0.39 is 34.3 Å². The lowest BCUT2D eigenvalue weighted by Crippen LogP contribution is -2.44. The van der Waals surface area contributed by atoms with Crippen molar-refractivity contribution in [3.8, 4) is 0 Å². The highest BCUT2D eigenvalue weighted by molar-refractivity contribution is 7.89. The van der Waals surface area contributed by atoms with E-state index in [9.17, 15) is 34.8 Å². The first-order chi connectivity index (χ1) is 16.4. The van der Waals surface area contributed by atoms with Crippen molar-refractivity contribution in [2.75, 3.05) is 31.9 Å². The summed E-state index contributed by atoms with van der Waals surface area (Å²) in [5.74, 6) is -5.30. The number of alkyl halides is 6. The third-order valence-corrected chi connectivity index (χ3v) is 7.55. The van der Waals surface area contributed by atoms with Crippen LogP contribution in [0.4, 0.5) is 26.3 Å². The summed E-state index contributed by atoms with van der Waals surface area (Å²) >= 11 is 0. The molecule has 1 aromatic heterocycles. The van der Waals surface area contributed by atoms with Gasteiger partial charge in [-0.1, -0.05) is 6.07 Å². The van der Waals surface area contributed by atoms with Crippen LogP contribution in [0, 0.1) is 5.41 Å². The van der Waals surface area contributed by atoms with Gasteiger partial charge in [-0.05, 0) is 49.8 Å². The minimum absolute atomic E-state index is 0.215. The topological polar surface area (TPSA) is 128 Å². The molecule has 2 aliphatic heterocycles. The standard InChI is InChI=1S/C16H25N3O2S.2C2HF3O2/c1-2-22(20,21)19-10-6-16(7-11-19)5-9-18(14-16)13-15-4-3-8-17-12-15;2*3-2(4,5)1(6)7/h3-4,8,12H,2,5-7,9-11,13-14H2,1H3;2*(H,6,7). The Hall–Kier alpha value is -2.46. The minimum atomic E-state index is -5.08. The quantitative estimate of drug-likeness (QED) is 0.547. The van der Waals surface area contributed by atoms with E-state index in [2.05, 4.69) is 16.0 Å². The molecule has 2 fully saturated rings. The predicted octanol–water partition coefficient (Wildman–Crippen LogP) is 2.99. The van der Waals surface area contributed by atoms with Crippen LogP contribution in [0.5, 0.6) is 0 Å². The fourth-order valence-electron chi connectivity index (χ4n) is 3.74. The van der Waals surface area contributed by atoms with Gasteiger partial charge in [-0.3, -0.25) is 9.88 Å². The van der Waals surface area contributed by atoms with Crippen LogP contribution in [0.15, 0.2) is 24.5 Å². The number of nitrogens with zero attached hydrogens (tertiary/aromatic N) is 3. The molecule has 2 aliphatic rings. The molecule has 206 valence electrons. The Labute approximate surface area is 203 Å². The number of rotatable bonds is 4. The normalized spacial score (nSPS) is 18.5. The van der Waals surface area contributed by atoms with Gasteiger partial charge in [0.15, 0.2) is 0 Å². The first-order valence-corrected chi connectivity index (χ1v) is 12.2. The first kappa shape index (κ1) is 31.6. The molecule has 0 amide bonds. The second kappa shape index (κ2) is 12.7. The lowest BCUT2D eigenvalue weighted by Gasteiger charge is -2.38. The number of halogens is 6. The molecule has 0 bridgehead atoms. The molecule has 3 heterocycles. The van der Waals surface area contributed by atoms with Crippen molar-refractivity contribution in [3.05, 3.63) is 30.1 Å². The number of carboxylic acid groups (broad SMARTS) is 2. The number of piperidine rings is 1. The average molecular weight is 552 g/mol. The summed E-state index contributed by atoms with van der Waals surface area (Å²) in [6, 6.07) is 4.10. The highest BCUT2D eigenvalue weighted by atomic mass is 32.2. The van der Waals surface area contributed by atoms with E-state index in [0.29, 0.717) is 18.5 Å². The van der Waals surface area contributed by atoms with Crippen molar-refractivity contribution in [2.24, 2.45) is 5.41 Å². The van der Waals surface area contributed by atoms with Crippen LogP contribution < -0.4 is 0 Å². The molecule has 3 rings (SSSR count). The van der Waals surface area contributed by atoms with E-state index in [-0.39, 0.29) is 5.75 Å². The number of pyridine rings is 1. The van der Waals surface area contributed by atoms with Gasteiger partial charge in [0.2, 0.25) is 10.0 Å². The monoisotopic (exact) mass is 551 g/mol. The molecule has 0 atom stereocenters. The number of aliphatic carboxylic acids is 2. The van der Waals surface area contributed by atoms with E-state index >= 15 is 0 Å². The molecule has 16 heteroatoms. The van der Waals surface area contributed by atoms with E-state index in [0.717, 1.165) is 32.5 Å². The van der Waals surface area contributed by atoms with Gasteiger partial charge in [0, 0.05) is 38.6 Å². The van der Waals surface area contributed by atoms with Gasteiger partial charge in [-0.2, -0.15) is 26.3 Å². The number of carbonyl (C=O) groups is 2. The fraction of sp³-hybridized carbons (Fsp3) is 0.650. The van der Waals surface area contributed by atoms with E-state index in [4.69, 9.17) is 19.8 Å². The Morgan fingerprint density at radius 2 is 1.47 bits per heavy atom. The smallest absolute Gasteiger partial charge is 0.475 e. The molecule has 9 nitrogen and oxygen atoms in total. The van der Waals surface area contributed by atoms with Crippen molar-refractivity contribution < 1.29 is 54.6 Å². The van der Waals surface area contributed by atoms with Crippen molar-refractivity contribution in [2.45, 2.75) is 45.1 Å². The molecular weight excluding hydrogens is 524 g/mol. The summed E-state index contributed by atoms with van der Waals surface area (Å²) in [6.07, 6.45) is -3.25. The van der Waals surface area contributed by atoms with Crippen LogP contribution in [-0.2, 0) is 26.2 Å². The summed E-state index contributed by atoms with van der Waals surface area (Å²) < 4.78 is 89.1. The zero-order valence-electron chi connectivity index (χ0n) is 19.2. The lowest BCUT2D eigenvalue weighted by atomic mass is 9.78. The highest BCUT2D eigenvalue weighted by Crippen LogP contribution is 2.41. The highest BCUT2D eigenvalue weighted by Gasteiger charge is 2.42. The van der Waals surface area contributed by atoms with Crippen LogP contribution in [0.1, 0.15) is 31.7 Å². The molecule has 0 aromatic carbocycles. The van der Waals surface area contributed by atoms with Gasteiger partial charge in [-0.25, -0.2) is 22.3 Å².